The number of anilines is 2. The van der Waals surface area contributed by atoms with E-state index in [0.29, 0.717) is 29.3 Å². The van der Waals surface area contributed by atoms with Crippen molar-refractivity contribution in [2.45, 2.75) is 18.4 Å². The van der Waals surface area contributed by atoms with Crippen LogP contribution >= 0.6 is 11.6 Å². The fourth-order valence-electron chi connectivity index (χ4n) is 3.24. The van der Waals surface area contributed by atoms with Crippen LogP contribution in [0.3, 0.4) is 0 Å². The minimum atomic E-state index is -4.52. The van der Waals surface area contributed by atoms with Gasteiger partial charge in [0, 0.05) is 31.3 Å². The summed E-state index contributed by atoms with van der Waals surface area (Å²) in [4.78, 5) is 4.96. The maximum Gasteiger partial charge on any atom is 0.268 e. The zero-order chi connectivity index (χ0) is 25.0. The third-order valence-electron chi connectivity index (χ3n) is 5.23. The van der Waals surface area contributed by atoms with Crippen LogP contribution in [0.5, 0.6) is 11.5 Å². The topological polar surface area (TPSA) is 72.0 Å². The molecule has 0 aliphatic heterocycles. The molecule has 3 aromatic rings. The highest BCUT2D eigenvalue weighted by molar-refractivity contribution is 7.92. The normalized spacial score (nSPS) is 11.3. The molecular formula is C23H24ClF2N3O4S. The molecule has 0 saturated carbocycles. The van der Waals surface area contributed by atoms with Crippen molar-refractivity contribution in [3.05, 3.63) is 70.9 Å². The van der Waals surface area contributed by atoms with Crippen molar-refractivity contribution in [2.75, 3.05) is 37.0 Å². The van der Waals surface area contributed by atoms with Crippen LogP contribution in [-0.2, 0) is 16.6 Å². The fourth-order valence-corrected chi connectivity index (χ4v) is 5.08. The van der Waals surface area contributed by atoms with Crippen LogP contribution in [-0.4, -0.2) is 41.2 Å². The third kappa shape index (κ3) is 5.18. The predicted molar refractivity (Wildman–Crippen MR) is 127 cm³/mol. The first-order valence-electron chi connectivity index (χ1n) is 10.2. The Hall–Kier alpha value is -3.11. The molecule has 0 aliphatic carbocycles. The second kappa shape index (κ2) is 10.4. The molecule has 0 atom stereocenters. The SMILES string of the molecule is CCN(C)c1cc(F)c(S(=O)(=O)N(Cc2ccc(OC)cc2OC)c2ccc(F)cn2)cc1Cl. The smallest absolute Gasteiger partial charge is 0.268 e. The summed E-state index contributed by atoms with van der Waals surface area (Å²) in [6.07, 6.45) is 0.881. The van der Waals surface area contributed by atoms with E-state index in [1.165, 1.54) is 20.3 Å². The van der Waals surface area contributed by atoms with Gasteiger partial charge in [-0.1, -0.05) is 11.6 Å². The van der Waals surface area contributed by atoms with Gasteiger partial charge < -0.3 is 14.4 Å². The first kappa shape index (κ1) is 25.5. The Kier molecular flexibility index (Phi) is 7.83. The Labute approximate surface area is 202 Å². The number of rotatable bonds is 9. The molecule has 0 aliphatic rings. The highest BCUT2D eigenvalue weighted by Crippen LogP contribution is 2.35. The van der Waals surface area contributed by atoms with E-state index in [2.05, 4.69) is 4.98 Å². The van der Waals surface area contributed by atoms with E-state index in [0.717, 1.165) is 28.7 Å². The van der Waals surface area contributed by atoms with Gasteiger partial charge in [0.25, 0.3) is 10.0 Å². The van der Waals surface area contributed by atoms with Crippen molar-refractivity contribution in [2.24, 2.45) is 0 Å². The molecule has 34 heavy (non-hydrogen) atoms. The first-order valence-corrected chi connectivity index (χ1v) is 12.0. The van der Waals surface area contributed by atoms with Gasteiger partial charge in [-0.25, -0.2) is 26.5 Å². The first-order chi connectivity index (χ1) is 16.1. The van der Waals surface area contributed by atoms with Crippen LogP contribution in [0.15, 0.2) is 53.6 Å². The molecule has 0 N–H and O–H groups in total. The molecule has 0 spiro atoms. The molecule has 2 aromatic carbocycles. The minimum absolute atomic E-state index is 0.0679. The average Bonchev–Trinajstić information content (AvgIpc) is 2.83. The van der Waals surface area contributed by atoms with Gasteiger partial charge in [-0.05, 0) is 37.3 Å². The molecule has 0 amide bonds. The number of sulfonamides is 1. The zero-order valence-corrected chi connectivity index (χ0v) is 20.6. The quantitative estimate of drug-likeness (QED) is 0.407. The summed E-state index contributed by atoms with van der Waals surface area (Å²) < 4.78 is 67.5. The molecule has 0 radical (unpaired) electrons. The summed E-state index contributed by atoms with van der Waals surface area (Å²) in [5.41, 5.74) is 0.802. The van der Waals surface area contributed by atoms with E-state index in [1.807, 2.05) is 6.92 Å². The molecule has 1 heterocycles. The number of hydrogen-bond acceptors (Lipinski definition) is 6. The lowest BCUT2D eigenvalue weighted by molar-refractivity contribution is 0.391. The number of ether oxygens (including phenoxy) is 2. The molecule has 1 aromatic heterocycles. The summed E-state index contributed by atoms with van der Waals surface area (Å²) in [6, 6.07) is 9.24. The highest BCUT2D eigenvalue weighted by atomic mass is 35.5. The van der Waals surface area contributed by atoms with E-state index in [9.17, 15) is 12.8 Å². The Morgan fingerprint density at radius 2 is 1.79 bits per heavy atom. The number of halogens is 3. The molecule has 0 fully saturated rings. The molecule has 182 valence electrons. The Bertz CT molecular complexity index is 1270. The lowest BCUT2D eigenvalue weighted by atomic mass is 10.2. The predicted octanol–water partition coefficient (Wildman–Crippen LogP) is 4.88. The van der Waals surface area contributed by atoms with Crippen molar-refractivity contribution >= 4 is 33.1 Å². The molecule has 0 unspecified atom stereocenters. The van der Waals surface area contributed by atoms with E-state index in [1.54, 1.807) is 30.1 Å². The van der Waals surface area contributed by atoms with E-state index in [-0.39, 0.29) is 17.4 Å². The monoisotopic (exact) mass is 511 g/mol. The van der Waals surface area contributed by atoms with E-state index >= 15 is 4.39 Å². The largest absolute Gasteiger partial charge is 0.497 e. The van der Waals surface area contributed by atoms with Crippen molar-refractivity contribution in [1.82, 2.24) is 4.98 Å². The molecule has 0 bridgehead atoms. The highest BCUT2D eigenvalue weighted by Gasteiger charge is 2.31. The maximum atomic E-state index is 15.1. The molecule has 7 nitrogen and oxygen atoms in total. The van der Waals surface area contributed by atoms with Crippen molar-refractivity contribution < 1.29 is 26.7 Å². The molecule has 3 rings (SSSR count). The molecule has 0 saturated heterocycles. The summed E-state index contributed by atoms with van der Waals surface area (Å²) in [7, 11) is 0.0954. The summed E-state index contributed by atoms with van der Waals surface area (Å²) >= 11 is 6.30. The van der Waals surface area contributed by atoms with Gasteiger partial charge in [-0.15, -0.1) is 0 Å². The van der Waals surface area contributed by atoms with Crippen molar-refractivity contribution in [3.63, 3.8) is 0 Å². The second-order valence-corrected chi connectivity index (χ2v) is 9.51. The van der Waals surface area contributed by atoms with Gasteiger partial charge in [0.2, 0.25) is 0 Å². The van der Waals surface area contributed by atoms with Crippen LogP contribution < -0.4 is 18.7 Å². The summed E-state index contributed by atoms with van der Waals surface area (Å²) in [5, 5.41) is 0.0679. The van der Waals surface area contributed by atoms with Crippen LogP contribution in [0.2, 0.25) is 5.02 Å². The lowest BCUT2D eigenvalue weighted by Gasteiger charge is -2.26. The number of benzene rings is 2. The number of hydrogen-bond donors (Lipinski definition) is 0. The number of methoxy groups -OCH3 is 2. The van der Waals surface area contributed by atoms with E-state index < -0.39 is 26.6 Å². The van der Waals surface area contributed by atoms with Crippen molar-refractivity contribution in [3.8, 4) is 11.5 Å². The second-order valence-electron chi connectivity index (χ2n) is 7.27. The maximum absolute atomic E-state index is 15.1. The minimum Gasteiger partial charge on any atom is -0.497 e. The zero-order valence-electron chi connectivity index (χ0n) is 19.0. The third-order valence-corrected chi connectivity index (χ3v) is 7.30. The molecular weight excluding hydrogens is 488 g/mol. The standard InChI is InChI=1S/C23H24ClF2N3O4S/c1-5-28(2)20-12-19(26)22(11-18(20)24)34(30,31)29(23-9-7-16(25)13-27-23)14-15-6-8-17(32-3)10-21(15)33-4/h6-13H,5,14H2,1-4H3. The number of nitrogens with zero attached hydrogens (tertiary/aromatic N) is 3. The van der Waals surface area contributed by atoms with Gasteiger partial charge in [-0.3, -0.25) is 0 Å². The van der Waals surface area contributed by atoms with Crippen LogP contribution in [0.25, 0.3) is 0 Å². The van der Waals surface area contributed by atoms with Gasteiger partial charge in [0.05, 0.1) is 37.7 Å². The van der Waals surface area contributed by atoms with Gasteiger partial charge >= 0.3 is 0 Å². The number of aromatic nitrogens is 1. The van der Waals surface area contributed by atoms with Gasteiger partial charge in [-0.2, -0.15) is 0 Å². The summed E-state index contributed by atoms with van der Waals surface area (Å²) in [5.74, 6) is -0.884. The van der Waals surface area contributed by atoms with E-state index in [4.69, 9.17) is 21.1 Å². The van der Waals surface area contributed by atoms with Crippen LogP contribution in [0.1, 0.15) is 12.5 Å². The van der Waals surface area contributed by atoms with Crippen LogP contribution in [0, 0.1) is 11.6 Å². The Morgan fingerprint density at radius 3 is 2.38 bits per heavy atom. The Balaban J connectivity index is 2.15. The molecule has 11 heteroatoms. The lowest BCUT2D eigenvalue weighted by Crippen LogP contribution is -2.32. The van der Waals surface area contributed by atoms with Gasteiger partial charge in [0.15, 0.2) is 0 Å². The Morgan fingerprint density at radius 1 is 1.06 bits per heavy atom. The van der Waals surface area contributed by atoms with Crippen molar-refractivity contribution in [1.29, 1.82) is 0 Å². The van der Waals surface area contributed by atoms with Gasteiger partial charge in [0.1, 0.15) is 33.8 Å². The average molecular weight is 512 g/mol. The summed E-state index contributed by atoms with van der Waals surface area (Å²) in [6.45, 7) is 2.11. The number of pyridine rings is 1. The van der Waals surface area contributed by atoms with Crippen LogP contribution in [0.4, 0.5) is 20.3 Å². The fraction of sp³-hybridized carbons (Fsp3) is 0.261.